The van der Waals surface area contributed by atoms with Crippen LogP contribution in [-0.4, -0.2) is 50.0 Å². The van der Waals surface area contributed by atoms with E-state index in [4.69, 9.17) is 23.2 Å². The van der Waals surface area contributed by atoms with Crippen LogP contribution in [0, 0.1) is 5.82 Å². The number of sulfonamides is 1. The minimum absolute atomic E-state index is 0.0845. The van der Waals surface area contributed by atoms with Gasteiger partial charge < -0.3 is 10.2 Å². The van der Waals surface area contributed by atoms with Gasteiger partial charge in [0.25, 0.3) is 0 Å². The van der Waals surface area contributed by atoms with Gasteiger partial charge in [-0.15, -0.1) is 0 Å². The van der Waals surface area contributed by atoms with Crippen LogP contribution in [-0.2, 0) is 26.2 Å². The number of hydrogen-bond acceptors (Lipinski definition) is 4. The highest BCUT2D eigenvalue weighted by molar-refractivity contribution is 7.92. The van der Waals surface area contributed by atoms with Crippen molar-refractivity contribution in [3.63, 3.8) is 0 Å². The van der Waals surface area contributed by atoms with Gasteiger partial charge in [0.05, 0.1) is 11.9 Å². The number of para-hydroxylation sites is 1. The van der Waals surface area contributed by atoms with E-state index in [1.165, 1.54) is 36.1 Å². The second kappa shape index (κ2) is 11.9. The maximum absolute atomic E-state index is 14.4. The van der Waals surface area contributed by atoms with Crippen LogP contribution in [0.4, 0.5) is 10.1 Å². The van der Waals surface area contributed by atoms with E-state index in [0.717, 1.165) is 12.3 Å². The first-order valence-electron chi connectivity index (χ1n) is 10.6. The average molecular weight is 532 g/mol. The summed E-state index contributed by atoms with van der Waals surface area (Å²) in [5.41, 5.74) is 0.249. The van der Waals surface area contributed by atoms with Crippen molar-refractivity contribution in [2.45, 2.75) is 45.8 Å². The second-order valence-electron chi connectivity index (χ2n) is 7.97. The Morgan fingerprint density at radius 1 is 1.12 bits per heavy atom. The minimum Gasteiger partial charge on any atom is -0.352 e. The molecular formula is C23H28Cl2FN3O4S. The number of hydrogen-bond donors (Lipinski definition) is 1. The molecule has 0 aromatic heterocycles. The highest BCUT2D eigenvalue weighted by Crippen LogP contribution is 2.25. The maximum Gasteiger partial charge on any atom is 0.244 e. The number of halogens is 3. The van der Waals surface area contributed by atoms with Gasteiger partial charge in [-0.2, -0.15) is 0 Å². The van der Waals surface area contributed by atoms with Gasteiger partial charge >= 0.3 is 0 Å². The third kappa shape index (κ3) is 7.32. The molecule has 2 atom stereocenters. The molecule has 34 heavy (non-hydrogen) atoms. The van der Waals surface area contributed by atoms with Crippen LogP contribution in [0.1, 0.15) is 32.8 Å². The van der Waals surface area contributed by atoms with E-state index < -0.39 is 40.2 Å². The van der Waals surface area contributed by atoms with E-state index in [1.54, 1.807) is 12.1 Å². The lowest BCUT2D eigenvalue weighted by atomic mass is 10.1. The number of carbonyl (C=O) groups is 2. The summed E-state index contributed by atoms with van der Waals surface area (Å²) in [6.07, 6.45) is 1.57. The first-order chi connectivity index (χ1) is 15.8. The molecule has 186 valence electrons. The minimum atomic E-state index is -4.02. The van der Waals surface area contributed by atoms with Crippen molar-refractivity contribution < 1.29 is 22.4 Å². The fourth-order valence-electron chi connectivity index (χ4n) is 3.13. The molecule has 0 aliphatic rings. The number of carbonyl (C=O) groups excluding carboxylic acids is 2. The molecule has 0 aliphatic carbocycles. The fraction of sp³-hybridized carbons (Fsp3) is 0.391. The van der Waals surface area contributed by atoms with Crippen molar-refractivity contribution >= 4 is 50.7 Å². The predicted molar refractivity (Wildman–Crippen MR) is 133 cm³/mol. The highest BCUT2D eigenvalue weighted by Gasteiger charge is 2.31. The zero-order valence-electron chi connectivity index (χ0n) is 19.4. The third-order valence-corrected chi connectivity index (χ3v) is 7.04. The molecule has 2 amide bonds. The molecule has 2 aromatic rings. The van der Waals surface area contributed by atoms with Crippen LogP contribution < -0.4 is 9.62 Å². The summed E-state index contributed by atoms with van der Waals surface area (Å²) in [5, 5.41) is 3.51. The number of nitrogens with one attached hydrogen (secondary N) is 1. The van der Waals surface area contributed by atoms with Gasteiger partial charge in [0.2, 0.25) is 21.8 Å². The largest absolute Gasteiger partial charge is 0.352 e. The first kappa shape index (κ1) is 27.9. The quantitative estimate of drug-likeness (QED) is 0.496. The summed E-state index contributed by atoms with van der Waals surface area (Å²) >= 11 is 12.3. The van der Waals surface area contributed by atoms with Gasteiger partial charge in [0.1, 0.15) is 18.4 Å². The van der Waals surface area contributed by atoms with E-state index in [1.807, 2.05) is 13.8 Å². The molecule has 2 aromatic carbocycles. The molecule has 0 spiro atoms. The summed E-state index contributed by atoms with van der Waals surface area (Å²) in [7, 11) is -4.02. The Balaban J connectivity index is 2.43. The third-order valence-electron chi connectivity index (χ3n) is 5.32. The molecule has 0 radical (unpaired) electrons. The first-order valence-corrected chi connectivity index (χ1v) is 13.2. The van der Waals surface area contributed by atoms with Crippen LogP contribution in [0.3, 0.4) is 0 Å². The molecule has 0 saturated heterocycles. The van der Waals surface area contributed by atoms with Crippen LogP contribution in [0.5, 0.6) is 0 Å². The van der Waals surface area contributed by atoms with E-state index in [9.17, 15) is 22.4 Å². The lowest BCUT2D eigenvalue weighted by Gasteiger charge is -2.32. The molecule has 7 nitrogen and oxygen atoms in total. The number of amides is 2. The molecule has 0 bridgehead atoms. The Labute approximate surface area is 209 Å². The van der Waals surface area contributed by atoms with E-state index >= 15 is 0 Å². The topological polar surface area (TPSA) is 86.8 Å². The molecule has 0 fully saturated rings. The molecular weight excluding hydrogens is 504 g/mol. The van der Waals surface area contributed by atoms with Gasteiger partial charge in [-0.25, -0.2) is 12.8 Å². The van der Waals surface area contributed by atoms with Crippen molar-refractivity contribution in [1.29, 1.82) is 0 Å². The zero-order valence-corrected chi connectivity index (χ0v) is 21.7. The number of nitrogens with zero attached hydrogens (tertiary/aromatic N) is 2. The average Bonchev–Trinajstić information content (AvgIpc) is 2.76. The molecule has 2 rings (SSSR count). The van der Waals surface area contributed by atoms with Crippen molar-refractivity contribution in [3.05, 3.63) is 63.9 Å². The van der Waals surface area contributed by atoms with Gasteiger partial charge in [-0.05, 0) is 50.1 Å². The number of benzene rings is 2. The Hall–Kier alpha value is -2.36. The molecule has 0 aliphatic heterocycles. The molecule has 0 unspecified atom stereocenters. The monoisotopic (exact) mass is 531 g/mol. The van der Waals surface area contributed by atoms with Crippen LogP contribution in [0.25, 0.3) is 0 Å². The Morgan fingerprint density at radius 3 is 2.32 bits per heavy atom. The van der Waals surface area contributed by atoms with Crippen molar-refractivity contribution in [3.8, 4) is 0 Å². The normalized spacial score (nSPS) is 13.1. The maximum atomic E-state index is 14.4. The summed E-state index contributed by atoms with van der Waals surface area (Å²) in [6.45, 7) is 4.48. The standard InChI is InChI=1S/C23H28Cl2FN3O4S/c1-5-15(2)27-23(31)16(3)28(13-17-10-11-18(24)12-19(17)25)22(30)14-29(34(4,32)33)21-9-7-6-8-20(21)26/h6-12,15-16H,5,13-14H2,1-4H3,(H,27,31)/t15-,16-/m1/s1. The van der Waals surface area contributed by atoms with Crippen molar-refractivity contribution in [2.24, 2.45) is 0 Å². The van der Waals surface area contributed by atoms with Crippen molar-refractivity contribution in [2.75, 3.05) is 17.1 Å². The predicted octanol–water partition coefficient (Wildman–Crippen LogP) is 4.23. The molecule has 0 heterocycles. The van der Waals surface area contributed by atoms with E-state index in [-0.39, 0.29) is 23.3 Å². The second-order valence-corrected chi connectivity index (χ2v) is 10.7. The molecule has 11 heteroatoms. The van der Waals surface area contributed by atoms with E-state index in [0.29, 0.717) is 21.3 Å². The SMILES string of the molecule is CC[C@@H](C)NC(=O)[C@@H](C)N(Cc1ccc(Cl)cc1Cl)C(=O)CN(c1ccccc1F)S(C)(=O)=O. The van der Waals surface area contributed by atoms with Gasteiger partial charge in [0.15, 0.2) is 0 Å². The number of anilines is 1. The molecule has 1 N–H and O–H groups in total. The Morgan fingerprint density at radius 2 is 1.76 bits per heavy atom. The Bertz CT molecular complexity index is 1150. The fourth-order valence-corrected chi connectivity index (χ4v) is 4.45. The van der Waals surface area contributed by atoms with Gasteiger partial charge in [0, 0.05) is 22.6 Å². The zero-order chi connectivity index (χ0) is 25.6. The van der Waals surface area contributed by atoms with E-state index in [2.05, 4.69) is 5.32 Å². The summed E-state index contributed by atoms with van der Waals surface area (Å²) in [4.78, 5) is 27.5. The highest BCUT2D eigenvalue weighted by atomic mass is 35.5. The van der Waals surface area contributed by atoms with Crippen LogP contribution in [0.2, 0.25) is 10.0 Å². The van der Waals surface area contributed by atoms with Crippen LogP contribution in [0.15, 0.2) is 42.5 Å². The van der Waals surface area contributed by atoms with Gasteiger partial charge in [-0.3, -0.25) is 13.9 Å². The van der Waals surface area contributed by atoms with Gasteiger partial charge in [-0.1, -0.05) is 48.3 Å². The Kier molecular flexibility index (Phi) is 9.73. The van der Waals surface area contributed by atoms with Crippen molar-refractivity contribution in [1.82, 2.24) is 10.2 Å². The summed E-state index contributed by atoms with van der Waals surface area (Å²) in [5.74, 6) is -1.91. The smallest absolute Gasteiger partial charge is 0.244 e. The lowest BCUT2D eigenvalue weighted by Crippen LogP contribution is -2.52. The lowest BCUT2D eigenvalue weighted by molar-refractivity contribution is -0.139. The number of rotatable bonds is 10. The summed E-state index contributed by atoms with van der Waals surface area (Å²) in [6, 6.07) is 8.88. The van der Waals surface area contributed by atoms with Crippen LogP contribution >= 0.6 is 23.2 Å². The molecule has 0 saturated carbocycles. The summed E-state index contributed by atoms with van der Waals surface area (Å²) < 4.78 is 40.0.